The zero-order valence-electron chi connectivity index (χ0n) is 16.5. The maximum atomic E-state index is 5.95. The van der Waals surface area contributed by atoms with Crippen molar-refractivity contribution in [2.24, 2.45) is 5.10 Å². The number of rotatable bonds is 8. The number of hydrogen-bond acceptors (Lipinski definition) is 4. The number of anilines is 1. The Morgan fingerprint density at radius 2 is 1.77 bits per heavy atom. The molecule has 0 amide bonds. The van der Waals surface area contributed by atoms with Crippen LogP contribution in [0.3, 0.4) is 0 Å². The van der Waals surface area contributed by atoms with Gasteiger partial charge in [0.05, 0.1) is 12.8 Å². The van der Waals surface area contributed by atoms with Gasteiger partial charge in [-0.25, -0.2) is 0 Å². The predicted molar refractivity (Wildman–Crippen MR) is 129 cm³/mol. The minimum Gasteiger partial charge on any atom is -0.490 e. The molecule has 7 heteroatoms. The maximum absolute atomic E-state index is 5.95. The lowest BCUT2D eigenvalue weighted by atomic mass is 10.2. The van der Waals surface area contributed by atoms with Crippen LogP contribution >= 0.6 is 28.1 Å². The summed E-state index contributed by atoms with van der Waals surface area (Å²) in [4.78, 5) is 0. The number of nitrogens with zero attached hydrogens (tertiary/aromatic N) is 1. The van der Waals surface area contributed by atoms with Crippen molar-refractivity contribution in [3.05, 3.63) is 88.4 Å². The van der Waals surface area contributed by atoms with Gasteiger partial charge in [-0.15, -0.1) is 0 Å². The van der Waals surface area contributed by atoms with Crippen molar-refractivity contribution in [3.8, 4) is 11.5 Å². The van der Waals surface area contributed by atoms with E-state index in [1.165, 1.54) is 0 Å². The minimum atomic E-state index is 0.414. The number of ether oxygens (including phenoxy) is 2. The molecule has 0 atom stereocenters. The molecule has 0 saturated heterocycles. The van der Waals surface area contributed by atoms with E-state index in [1.807, 2.05) is 79.7 Å². The molecule has 0 radical (unpaired) electrons. The number of para-hydroxylation sites is 1. The van der Waals surface area contributed by atoms with Crippen LogP contribution < -0.4 is 20.2 Å². The van der Waals surface area contributed by atoms with Crippen molar-refractivity contribution in [2.45, 2.75) is 13.5 Å². The highest BCUT2D eigenvalue weighted by Crippen LogP contribution is 2.29. The number of halogens is 1. The van der Waals surface area contributed by atoms with Crippen LogP contribution in [0.5, 0.6) is 11.5 Å². The minimum absolute atomic E-state index is 0.414. The Morgan fingerprint density at radius 3 is 2.50 bits per heavy atom. The van der Waals surface area contributed by atoms with Crippen LogP contribution in [0.1, 0.15) is 18.1 Å². The highest BCUT2D eigenvalue weighted by Gasteiger charge is 2.07. The lowest BCUT2D eigenvalue weighted by molar-refractivity contribution is 0.269. The number of hydrogen-bond donors (Lipinski definition) is 2. The Labute approximate surface area is 190 Å². The first-order valence-corrected chi connectivity index (χ1v) is 10.6. The van der Waals surface area contributed by atoms with Crippen LogP contribution in [-0.4, -0.2) is 17.9 Å². The van der Waals surface area contributed by atoms with Gasteiger partial charge in [0.25, 0.3) is 0 Å². The Kier molecular flexibility index (Phi) is 8.23. The molecule has 154 valence electrons. The standard InChI is InChI=1S/C23H22BrN3O2S/c1-2-28-22-14-18(15-25-27-23(30)26-20-6-4-3-5-7-20)10-13-21(22)29-16-17-8-11-19(24)12-9-17/h3-15H,2,16H2,1H3,(H2,26,27,30). The Hall–Kier alpha value is -2.90. The van der Waals surface area contributed by atoms with Crippen LogP contribution in [0.25, 0.3) is 0 Å². The molecule has 0 aliphatic carbocycles. The highest BCUT2D eigenvalue weighted by atomic mass is 79.9. The van der Waals surface area contributed by atoms with E-state index in [-0.39, 0.29) is 0 Å². The third-order valence-electron chi connectivity index (χ3n) is 3.99. The maximum Gasteiger partial charge on any atom is 0.191 e. The summed E-state index contributed by atoms with van der Waals surface area (Å²) in [5.74, 6) is 1.36. The molecule has 0 spiro atoms. The molecule has 5 nitrogen and oxygen atoms in total. The van der Waals surface area contributed by atoms with Crippen molar-refractivity contribution in [3.63, 3.8) is 0 Å². The van der Waals surface area contributed by atoms with Crippen LogP contribution in [0.15, 0.2) is 82.4 Å². The molecule has 3 aromatic rings. The summed E-state index contributed by atoms with van der Waals surface area (Å²) in [7, 11) is 0. The Balaban J connectivity index is 1.60. The average Bonchev–Trinajstić information content (AvgIpc) is 2.75. The first-order valence-electron chi connectivity index (χ1n) is 9.43. The molecule has 0 fully saturated rings. The van der Waals surface area contributed by atoms with Gasteiger partial charge in [-0.05, 0) is 72.7 Å². The van der Waals surface area contributed by atoms with Gasteiger partial charge in [0.2, 0.25) is 0 Å². The van der Waals surface area contributed by atoms with Gasteiger partial charge in [0.1, 0.15) is 6.61 Å². The van der Waals surface area contributed by atoms with E-state index in [2.05, 4.69) is 31.8 Å². The van der Waals surface area contributed by atoms with Gasteiger partial charge < -0.3 is 14.8 Å². The van der Waals surface area contributed by atoms with Crippen LogP contribution in [-0.2, 0) is 6.61 Å². The van der Waals surface area contributed by atoms with Crippen LogP contribution in [0.4, 0.5) is 5.69 Å². The lowest BCUT2D eigenvalue weighted by Gasteiger charge is -2.13. The summed E-state index contributed by atoms with van der Waals surface area (Å²) < 4.78 is 12.7. The molecule has 3 rings (SSSR count). The molecule has 0 aromatic heterocycles. The number of thiocarbonyl (C=S) groups is 1. The second-order valence-electron chi connectivity index (χ2n) is 6.24. The molecular formula is C23H22BrN3O2S. The molecule has 0 aliphatic rings. The smallest absolute Gasteiger partial charge is 0.191 e. The summed E-state index contributed by atoms with van der Waals surface area (Å²) in [6.07, 6.45) is 1.68. The average molecular weight is 484 g/mol. The Bertz CT molecular complexity index is 995. The number of hydrazone groups is 1. The van der Waals surface area contributed by atoms with E-state index in [9.17, 15) is 0 Å². The molecule has 0 heterocycles. The van der Waals surface area contributed by atoms with E-state index in [4.69, 9.17) is 21.7 Å². The predicted octanol–water partition coefficient (Wildman–Crippen LogP) is 5.75. The largest absolute Gasteiger partial charge is 0.490 e. The zero-order valence-corrected chi connectivity index (χ0v) is 18.9. The second kappa shape index (κ2) is 11.3. The summed E-state index contributed by atoms with van der Waals surface area (Å²) in [5, 5.41) is 7.67. The van der Waals surface area contributed by atoms with Crippen molar-refractivity contribution >= 4 is 45.2 Å². The van der Waals surface area contributed by atoms with Gasteiger partial charge in [-0.2, -0.15) is 5.10 Å². The summed E-state index contributed by atoms with van der Waals surface area (Å²) >= 11 is 8.68. The molecule has 2 N–H and O–H groups in total. The fraction of sp³-hybridized carbons (Fsp3) is 0.130. The van der Waals surface area contributed by atoms with Gasteiger partial charge in [-0.1, -0.05) is 46.3 Å². The van der Waals surface area contributed by atoms with Gasteiger partial charge in [-0.3, -0.25) is 5.43 Å². The van der Waals surface area contributed by atoms with E-state index in [0.29, 0.717) is 29.8 Å². The zero-order chi connectivity index (χ0) is 21.2. The monoisotopic (exact) mass is 483 g/mol. The van der Waals surface area contributed by atoms with Crippen molar-refractivity contribution in [1.82, 2.24) is 5.43 Å². The van der Waals surface area contributed by atoms with Crippen molar-refractivity contribution in [1.29, 1.82) is 0 Å². The Morgan fingerprint density at radius 1 is 1.00 bits per heavy atom. The van der Waals surface area contributed by atoms with E-state index >= 15 is 0 Å². The van der Waals surface area contributed by atoms with E-state index < -0.39 is 0 Å². The highest BCUT2D eigenvalue weighted by molar-refractivity contribution is 9.10. The molecule has 0 unspecified atom stereocenters. The molecule has 0 saturated carbocycles. The first-order chi connectivity index (χ1) is 14.6. The van der Waals surface area contributed by atoms with Crippen molar-refractivity contribution < 1.29 is 9.47 Å². The van der Waals surface area contributed by atoms with Crippen LogP contribution in [0.2, 0.25) is 0 Å². The molecule has 0 bridgehead atoms. The summed E-state index contributed by atoms with van der Waals surface area (Å²) in [6, 6.07) is 23.4. The van der Waals surface area contributed by atoms with E-state index in [0.717, 1.165) is 21.3 Å². The molecule has 30 heavy (non-hydrogen) atoms. The number of nitrogens with one attached hydrogen (secondary N) is 2. The third kappa shape index (κ3) is 6.86. The first kappa shape index (κ1) is 21.8. The van der Waals surface area contributed by atoms with E-state index in [1.54, 1.807) is 6.21 Å². The fourth-order valence-electron chi connectivity index (χ4n) is 2.58. The fourth-order valence-corrected chi connectivity index (χ4v) is 3.02. The van der Waals surface area contributed by atoms with Crippen LogP contribution in [0, 0.1) is 0 Å². The van der Waals surface area contributed by atoms with Gasteiger partial charge in [0.15, 0.2) is 16.6 Å². The SMILES string of the molecule is CCOc1cc(C=NNC(=S)Nc2ccccc2)ccc1OCc1ccc(Br)cc1. The summed E-state index contributed by atoms with van der Waals surface area (Å²) in [6.45, 7) is 2.94. The number of benzene rings is 3. The lowest BCUT2D eigenvalue weighted by Crippen LogP contribution is -2.23. The molecule has 0 aliphatic heterocycles. The third-order valence-corrected chi connectivity index (χ3v) is 4.71. The summed E-state index contributed by atoms with van der Waals surface area (Å²) in [5.41, 5.74) is 5.65. The quantitative estimate of drug-likeness (QED) is 0.242. The van der Waals surface area contributed by atoms with Gasteiger partial charge in [0, 0.05) is 10.2 Å². The molecular weight excluding hydrogens is 462 g/mol. The topological polar surface area (TPSA) is 54.9 Å². The molecule has 3 aromatic carbocycles. The van der Waals surface area contributed by atoms with Crippen molar-refractivity contribution in [2.75, 3.05) is 11.9 Å². The normalized spacial score (nSPS) is 10.6. The second-order valence-corrected chi connectivity index (χ2v) is 7.57. The van der Waals surface area contributed by atoms with Gasteiger partial charge >= 0.3 is 0 Å².